The maximum atomic E-state index is 6.30. The summed E-state index contributed by atoms with van der Waals surface area (Å²) in [6.07, 6.45) is 3.46. The number of halogens is 1. The van der Waals surface area contributed by atoms with E-state index in [9.17, 15) is 0 Å². The number of pyridine rings is 1. The predicted octanol–water partition coefficient (Wildman–Crippen LogP) is 4.20. The van der Waals surface area contributed by atoms with E-state index in [1.54, 1.807) is 12.4 Å². The Kier molecular flexibility index (Phi) is 3.68. The fourth-order valence-electron chi connectivity index (χ4n) is 2.60. The van der Waals surface area contributed by atoms with Gasteiger partial charge in [0.05, 0.1) is 11.1 Å². The molecule has 0 amide bonds. The Bertz CT molecular complexity index is 734. The van der Waals surface area contributed by atoms with E-state index in [-0.39, 0.29) is 6.04 Å². The maximum absolute atomic E-state index is 6.30. The second-order valence-electron chi connectivity index (χ2n) is 4.69. The number of rotatable bonds is 3. The van der Waals surface area contributed by atoms with Crippen LogP contribution in [0.5, 0.6) is 0 Å². The van der Waals surface area contributed by atoms with Crippen LogP contribution in [0.25, 0.3) is 10.8 Å². The summed E-state index contributed by atoms with van der Waals surface area (Å²) in [6.45, 7) is 0. The second kappa shape index (κ2) is 5.61. The molecule has 0 fully saturated rings. The van der Waals surface area contributed by atoms with Gasteiger partial charge in [-0.15, -0.1) is 0 Å². The number of hydrogen-bond donors (Lipinski definition) is 1. The van der Waals surface area contributed by atoms with Crippen molar-refractivity contribution in [1.82, 2.24) is 10.3 Å². The quantitative estimate of drug-likeness (QED) is 0.779. The van der Waals surface area contributed by atoms with Crippen LogP contribution in [0.1, 0.15) is 17.2 Å². The third-order valence-corrected chi connectivity index (χ3v) is 3.85. The molecule has 0 spiro atoms. The Hall–Kier alpha value is -1.90. The van der Waals surface area contributed by atoms with Gasteiger partial charge in [-0.25, -0.2) is 0 Å². The van der Waals surface area contributed by atoms with Gasteiger partial charge < -0.3 is 5.32 Å². The molecule has 3 aromatic rings. The van der Waals surface area contributed by atoms with Crippen LogP contribution in [-0.4, -0.2) is 12.0 Å². The van der Waals surface area contributed by atoms with Crippen molar-refractivity contribution in [3.63, 3.8) is 0 Å². The lowest BCUT2D eigenvalue weighted by atomic mass is 9.94. The largest absolute Gasteiger partial charge is 0.309 e. The van der Waals surface area contributed by atoms with E-state index < -0.39 is 0 Å². The highest BCUT2D eigenvalue weighted by molar-refractivity contribution is 6.31. The topological polar surface area (TPSA) is 24.9 Å². The van der Waals surface area contributed by atoms with Gasteiger partial charge in [0.1, 0.15) is 0 Å². The van der Waals surface area contributed by atoms with Gasteiger partial charge in [0.2, 0.25) is 0 Å². The average Bonchev–Trinajstić information content (AvgIpc) is 2.50. The van der Waals surface area contributed by atoms with Crippen LogP contribution < -0.4 is 5.32 Å². The van der Waals surface area contributed by atoms with Crippen molar-refractivity contribution in [2.45, 2.75) is 6.04 Å². The predicted molar refractivity (Wildman–Crippen MR) is 84.1 cm³/mol. The zero-order chi connectivity index (χ0) is 13.9. The number of benzene rings is 2. The molecule has 2 aromatic carbocycles. The molecule has 0 aliphatic rings. The highest BCUT2D eigenvalue weighted by atomic mass is 35.5. The van der Waals surface area contributed by atoms with E-state index in [0.29, 0.717) is 5.02 Å². The van der Waals surface area contributed by atoms with Crippen molar-refractivity contribution in [1.29, 1.82) is 0 Å². The van der Waals surface area contributed by atoms with Crippen molar-refractivity contribution in [3.05, 3.63) is 77.1 Å². The Labute approximate surface area is 123 Å². The number of nitrogens with one attached hydrogen (secondary N) is 1. The minimum absolute atomic E-state index is 0.0524. The lowest BCUT2D eigenvalue weighted by Crippen LogP contribution is -2.18. The van der Waals surface area contributed by atoms with Gasteiger partial charge in [-0.1, -0.05) is 54.1 Å². The zero-order valence-corrected chi connectivity index (χ0v) is 11.9. The summed E-state index contributed by atoms with van der Waals surface area (Å²) in [5, 5.41) is 6.51. The zero-order valence-electron chi connectivity index (χ0n) is 11.2. The SMILES string of the molecule is CNC(c1ccncc1Cl)c1cccc2ccccc12. The number of hydrogen-bond acceptors (Lipinski definition) is 2. The highest BCUT2D eigenvalue weighted by Gasteiger charge is 2.17. The Morgan fingerprint density at radius 2 is 1.80 bits per heavy atom. The van der Waals surface area contributed by atoms with Crippen LogP contribution in [0, 0.1) is 0 Å². The number of aromatic nitrogens is 1. The lowest BCUT2D eigenvalue weighted by molar-refractivity contribution is 0.696. The normalized spacial score (nSPS) is 12.5. The first-order chi connectivity index (χ1) is 9.81. The molecule has 1 atom stereocenters. The van der Waals surface area contributed by atoms with Gasteiger partial charge in [0.15, 0.2) is 0 Å². The average molecular weight is 283 g/mol. The molecule has 1 aromatic heterocycles. The summed E-state index contributed by atoms with van der Waals surface area (Å²) >= 11 is 6.30. The highest BCUT2D eigenvalue weighted by Crippen LogP contribution is 2.31. The first-order valence-corrected chi connectivity index (χ1v) is 6.93. The molecule has 0 saturated carbocycles. The van der Waals surface area contributed by atoms with Gasteiger partial charge in [-0.3, -0.25) is 4.98 Å². The fraction of sp³-hybridized carbons (Fsp3) is 0.118. The molecule has 2 nitrogen and oxygen atoms in total. The molecule has 1 N–H and O–H groups in total. The summed E-state index contributed by atoms with van der Waals surface area (Å²) in [5.41, 5.74) is 2.26. The van der Waals surface area contributed by atoms with E-state index in [2.05, 4.69) is 52.8 Å². The van der Waals surface area contributed by atoms with Gasteiger partial charge in [0, 0.05) is 12.4 Å². The smallest absolute Gasteiger partial charge is 0.0640 e. The van der Waals surface area contributed by atoms with E-state index in [1.807, 2.05) is 13.1 Å². The summed E-state index contributed by atoms with van der Waals surface area (Å²) in [4.78, 5) is 4.06. The van der Waals surface area contributed by atoms with E-state index in [1.165, 1.54) is 16.3 Å². The van der Waals surface area contributed by atoms with Crippen LogP contribution in [0.2, 0.25) is 5.02 Å². The Morgan fingerprint density at radius 3 is 2.60 bits per heavy atom. The van der Waals surface area contributed by atoms with Crippen LogP contribution >= 0.6 is 11.6 Å². The number of nitrogens with zero attached hydrogens (tertiary/aromatic N) is 1. The van der Waals surface area contributed by atoms with Gasteiger partial charge >= 0.3 is 0 Å². The standard InChI is InChI=1S/C17H15ClN2/c1-19-17(15-9-10-20-11-16(15)18)14-8-4-6-12-5-2-3-7-13(12)14/h2-11,17,19H,1H3. The van der Waals surface area contributed by atoms with Crippen molar-refractivity contribution in [3.8, 4) is 0 Å². The summed E-state index contributed by atoms with van der Waals surface area (Å²) in [6, 6.07) is 16.7. The Balaban J connectivity index is 2.20. The molecule has 1 heterocycles. The minimum Gasteiger partial charge on any atom is -0.309 e. The second-order valence-corrected chi connectivity index (χ2v) is 5.09. The van der Waals surface area contributed by atoms with Crippen LogP contribution in [0.3, 0.4) is 0 Å². The molecular weight excluding hydrogens is 268 g/mol. The van der Waals surface area contributed by atoms with Gasteiger partial charge in [-0.2, -0.15) is 0 Å². The lowest BCUT2D eigenvalue weighted by Gasteiger charge is -2.20. The molecule has 20 heavy (non-hydrogen) atoms. The molecule has 1 unspecified atom stereocenters. The van der Waals surface area contributed by atoms with E-state index in [0.717, 1.165) is 5.56 Å². The van der Waals surface area contributed by atoms with E-state index >= 15 is 0 Å². The Morgan fingerprint density at radius 1 is 1.00 bits per heavy atom. The minimum atomic E-state index is 0.0524. The van der Waals surface area contributed by atoms with Crippen LogP contribution in [0.15, 0.2) is 60.9 Å². The van der Waals surface area contributed by atoms with E-state index in [4.69, 9.17) is 11.6 Å². The van der Waals surface area contributed by atoms with Crippen molar-refractivity contribution in [2.75, 3.05) is 7.05 Å². The van der Waals surface area contributed by atoms with Crippen LogP contribution in [0.4, 0.5) is 0 Å². The third kappa shape index (κ3) is 2.28. The summed E-state index contributed by atoms with van der Waals surface area (Å²) in [5.74, 6) is 0. The van der Waals surface area contributed by atoms with Crippen molar-refractivity contribution < 1.29 is 0 Å². The monoisotopic (exact) mass is 282 g/mol. The fourth-order valence-corrected chi connectivity index (χ4v) is 2.83. The molecule has 0 saturated heterocycles. The molecule has 0 aliphatic carbocycles. The number of fused-ring (bicyclic) bond motifs is 1. The maximum Gasteiger partial charge on any atom is 0.0640 e. The molecule has 0 bridgehead atoms. The molecule has 3 heteroatoms. The van der Waals surface area contributed by atoms with Gasteiger partial charge in [-0.05, 0) is 35.0 Å². The van der Waals surface area contributed by atoms with Crippen molar-refractivity contribution in [2.24, 2.45) is 0 Å². The molecule has 0 aliphatic heterocycles. The molecular formula is C17H15ClN2. The summed E-state index contributed by atoms with van der Waals surface area (Å²) < 4.78 is 0. The van der Waals surface area contributed by atoms with Crippen LogP contribution in [-0.2, 0) is 0 Å². The first-order valence-electron chi connectivity index (χ1n) is 6.55. The molecule has 100 valence electrons. The van der Waals surface area contributed by atoms with Crippen molar-refractivity contribution >= 4 is 22.4 Å². The summed E-state index contributed by atoms with van der Waals surface area (Å²) in [7, 11) is 1.95. The van der Waals surface area contributed by atoms with Gasteiger partial charge in [0.25, 0.3) is 0 Å². The molecule has 3 rings (SSSR count). The first kappa shape index (κ1) is 13.1. The molecule has 0 radical (unpaired) electrons. The third-order valence-electron chi connectivity index (χ3n) is 3.54.